The molecule has 1 amide bonds. The van der Waals surface area contributed by atoms with Crippen LogP contribution in [0.5, 0.6) is 5.75 Å². The number of methoxy groups -OCH3 is 1. The molecule has 0 aromatic heterocycles. The van der Waals surface area contributed by atoms with E-state index in [2.05, 4.69) is 5.43 Å². The molecule has 0 heterocycles. The number of carbonyl (C=O) groups is 1. The first-order valence-electron chi connectivity index (χ1n) is 6.97. The van der Waals surface area contributed by atoms with Crippen LogP contribution in [0.15, 0.2) is 41.3 Å². The molecule has 0 fully saturated rings. The fourth-order valence-corrected chi connectivity index (χ4v) is 3.27. The van der Waals surface area contributed by atoms with E-state index >= 15 is 0 Å². The molecule has 0 saturated heterocycles. The molecular weight excluding hydrogens is 335 g/mol. The number of carbonyl (C=O) groups excluding carboxylic acids is 1. The minimum atomic E-state index is -3.96. The third kappa shape index (κ3) is 3.90. The van der Waals surface area contributed by atoms with Gasteiger partial charge in [-0.3, -0.25) is 10.2 Å². The maximum absolute atomic E-state index is 12.8. The van der Waals surface area contributed by atoms with E-state index in [0.717, 1.165) is 12.1 Å². The predicted molar refractivity (Wildman–Crippen MR) is 86.7 cm³/mol. The van der Waals surface area contributed by atoms with Crippen molar-refractivity contribution in [1.82, 2.24) is 10.3 Å². The molecule has 8 heteroatoms. The Morgan fingerprint density at radius 2 is 1.71 bits per heavy atom. The molecule has 2 rings (SSSR count). The van der Waals surface area contributed by atoms with Gasteiger partial charge in [0, 0.05) is 5.56 Å². The zero-order valence-corrected chi connectivity index (χ0v) is 14.2. The summed E-state index contributed by atoms with van der Waals surface area (Å²) in [5.41, 5.74) is 3.35. The van der Waals surface area contributed by atoms with Crippen molar-refractivity contribution in [3.05, 3.63) is 58.9 Å². The molecule has 2 N–H and O–H groups in total. The van der Waals surface area contributed by atoms with E-state index < -0.39 is 21.7 Å². The smallest absolute Gasteiger partial charge is 0.266 e. The molecule has 0 spiro atoms. The van der Waals surface area contributed by atoms with Gasteiger partial charge in [0.05, 0.1) is 12.0 Å². The highest BCUT2D eigenvalue weighted by atomic mass is 32.2. The van der Waals surface area contributed by atoms with E-state index in [1.807, 2.05) is 4.83 Å². The number of ether oxygens (including phenoxy) is 1. The van der Waals surface area contributed by atoms with Gasteiger partial charge in [0.2, 0.25) is 0 Å². The van der Waals surface area contributed by atoms with Gasteiger partial charge < -0.3 is 4.74 Å². The Hall–Kier alpha value is -2.45. The molecule has 0 aliphatic heterocycles. The average Bonchev–Trinajstić information content (AvgIpc) is 2.55. The van der Waals surface area contributed by atoms with Gasteiger partial charge in [-0.1, -0.05) is 0 Å². The van der Waals surface area contributed by atoms with Gasteiger partial charge in [0.25, 0.3) is 15.9 Å². The number of rotatable bonds is 5. The monoisotopic (exact) mass is 352 g/mol. The summed E-state index contributed by atoms with van der Waals surface area (Å²) in [6, 6.07) is 7.79. The van der Waals surface area contributed by atoms with E-state index in [-0.39, 0.29) is 10.5 Å². The second-order valence-electron chi connectivity index (χ2n) is 5.15. The third-order valence-corrected chi connectivity index (χ3v) is 4.78. The van der Waals surface area contributed by atoms with Crippen LogP contribution < -0.4 is 15.0 Å². The number of hydrogen-bond donors (Lipinski definition) is 2. The van der Waals surface area contributed by atoms with Crippen LogP contribution in [0, 0.1) is 19.7 Å². The Morgan fingerprint density at radius 1 is 1.08 bits per heavy atom. The number of halogens is 1. The first-order chi connectivity index (χ1) is 11.2. The van der Waals surface area contributed by atoms with Crippen LogP contribution in [-0.2, 0) is 10.0 Å². The number of aryl methyl sites for hydroxylation is 2. The van der Waals surface area contributed by atoms with Gasteiger partial charge in [-0.25, -0.2) is 12.8 Å². The summed E-state index contributed by atoms with van der Waals surface area (Å²) in [6.45, 7) is 3.34. The minimum Gasteiger partial charge on any atom is -0.496 e. The molecule has 0 unspecified atom stereocenters. The summed E-state index contributed by atoms with van der Waals surface area (Å²) in [5.74, 6) is -0.611. The first-order valence-corrected chi connectivity index (χ1v) is 8.46. The molecule has 0 radical (unpaired) electrons. The lowest BCUT2D eigenvalue weighted by Gasteiger charge is -2.13. The number of nitrogens with one attached hydrogen (secondary N) is 2. The summed E-state index contributed by atoms with van der Waals surface area (Å²) in [7, 11) is -2.46. The molecule has 0 atom stereocenters. The minimum absolute atomic E-state index is 0.0280. The molecular formula is C16H17FN2O4S. The highest BCUT2D eigenvalue weighted by Crippen LogP contribution is 2.25. The van der Waals surface area contributed by atoms with Gasteiger partial charge in [-0.15, -0.1) is 4.83 Å². The van der Waals surface area contributed by atoms with Crippen molar-refractivity contribution in [2.75, 3.05) is 7.11 Å². The maximum Gasteiger partial charge on any atom is 0.266 e. The fourth-order valence-electron chi connectivity index (χ4n) is 2.11. The van der Waals surface area contributed by atoms with Crippen LogP contribution in [0.25, 0.3) is 0 Å². The molecule has 0 aliphatic rings. The number of sulfonamides is 1. The molecule has 0 saturated carbocycles. The topological polar surface area (TPSA) is 84.5 Å². The van der Waals surface area contributed by atoms with Crippen LogP contribution in [0.1, 0.15) is 21.5 Å². The summed E-state index contributed by atoms with van der Waals surface area (Å²) < 4.78 is 42.7. The number of amides is 1. The molecule has 128 valence electrons. The van der Waals surface area contributed by atoms with Crippen molar-refractivity contribution >= 4 is 15.9 Å². The Balaban J connectivity index is 2.18. The Kier molecular flexibility index (Phi) is 5.20. The number of hydrogen-bond acceptors (Lipinski definition) is 4. The highest BCUT2D eigenvalue weighted by molar-refractivity contribution is 7.89. The first kappa shape index (κ1) is 17.9. The van der Waals surface area contributed by atoms with Crippen molar-refractivity contribution in [3.63, 3.8) is 0 Å². The fraction of sp³-hybridized carbons (Fsp3) is 0.188. The van der Waals surface area contributed by atoms with Gasteiger partial charge in [0.15, 0.2) is 0 Å². The lowest BCUT2D eigenvalue weighted by Crippen LogP contribution is -2.41. The lowest BCUT2D eigenvalue weighted by atomic mass is 10.1. The van der Waals surface area contributed by atoms with Crippen LogP contribution in [0.4, 0.5) is 4.39 Å². The highest BCUT2D eigenvalue weighted by Gasteiger charge is 2.20. The molecule has 0 aliphatic carbocycles. The summed E-state index contributed by atoms with van der Waals surface area (Å²) in [4.78, 5) is 14.0. The molecule has 0 bridgehead atoms. The lowest BCUT2D eigenvalue weighted by molar-refractivity contribution is 0.0945. The zero-order chi connectivity index (χ0) is 17.9. The summed E-state index contributed by atoms with van der Waals surface area (Å²) in [5, 5.41) is 0. The summed E-state index contributed by atoms with van der Waals surface area (Å²) in [6.07, 6.45) is 0. The van der Waals surface area contributed by atoms with E-state index in [9.17, 15) is 17.6 Å². The second kappa shape index (κ2) is 6.98. The number of hydrazine groups is 1. The van der Waals surface area contributed by atoms with Gasteiger partial charge in [0.1, 0.15) is 11.6 Å². The van der Waals surface area contributed by atoms with Gasteiger partial charge in [-0.2, -0.15) is 0 Å². The van der Waals surface area contributed by atoms with Crippen LogP contribution in [0.2, 0.25) is 0 Å². The predicted octanol–water partition coefficient (Wildman–Crippen LogP) is 2.07. The van der Waals surface area contributed by atoms with E-state index in [4.69, 9.17) is 4.74 Å². The largest absolute Gasteiger partial charge is 0.496 e. The standard InChI is InChI=1S/C16H17FN2O4S/c1-10-9-15(11(2)8-14(10)23-3)24(21,22)19-18-16(20)12-4-6-13(17)7-5-12/h4-9,19H,1-3H3,(H,18,20). The third-order valence-electron chi connectivity index (χ3n) is 3.39. The normalized spacial score (nSPS) is 11.2. The van der Waals surface area contributed by atoms with Gasteiger partial charge >= 0.3 is 0 Å². The van der Waals surface area contributed by atoms with E-state index in [1.54, 1.807) is 19.9 Å². The van der Waals surface area contributed by atoms with Crippen molar-refractivity contribution in [1.29, 1.82) is 0 Å². The van der Waals surface area contributed by atoms with Crippen molar-refractivity contribution in [2.24, 2.45) is 0 Å². The van der Waals surface area contributed by atoms with Crippen molar-refractivity contribution in [3.8, 4) is 5.75 Å². The van der Waals surface area contributed by atoms with E-state index in [0.29, 0.717) is 16.9 Å². The van der Waals surface area contributed by atoms with E-state index in [1.165, 1.54) is 25.3 Å². The second-order valence-corrected chi connectivity index (χ2v) is 6.80. The average molecular weight is 352 g/mol. The molecule has 2 aromatic carbocycles. The van der Waals surface area contributed by atoms with Crippen LogP contribution >= 0.6 is 0 Å². The molecule has 6 nitrogen and oxygen atoms in total. The quantitative estimate of drug-likeness (QED) is 0.807. The summed E-state index contributed by atoms with van der Waals surface area (Å²) >= 11 is 0. The van der Waals surface area contributed by atoms with Crippen molar-refractivity contribution < 1.29 is 22.3 Å². The van der Waals surface area contributed by atoms with Crippen LogP contribution in [-0.4, -0.2) is 21.4 Å². The maximum atomic E-state index is 12.8. The Morgan fingerprint density at radius 3 is 2.29 bits per heavy atom. The Labute approximate surface area is 139 Å². The van der Waals surface area contributed by atoms with Crippen LogP contribution in [0.3, 0.4) is 0 Å². The zero-order valence-electron chi connectivity index (χ0n) is 13.4. The SMILES string of the molecule is COc1cc(C)c(S(=O)(=O)NNC(=O)c2ccc(F)cc2)cc1C. The number of benzene rings is 2. The molecule has 24 heavy (non-hydrogen) atoms. The molecule has 2 aromatic rings. The van der Waals surface area contributed by atoms with Gasteiger partial charge in [-0.05, 0) is 61.4 Å². The Bertz CT molecular complexity index is 864. The van der Waals surface area contributed by atoms with Crippen molar-refractivity contribution in [2.45, 2.75) is 18.7 Å².